The zero-order valence-corrected chi connectivity index (χ0v) is 24.9. The molecular weight excluding hydrogens is 645 g/mol. The molecule has 0 radical (unpaired) electrons. The fourth-order valence-corrected chi connectivity index (χ4v) is 4.40. The molecule has 7 N–H and O–H groups in total. The molecule has 0 saturated heterocycles. The number of H-pyrrole nitrogens is 2. The van der Waals surface area contributed by atoms with E-state index in [2.05, 4.69) is 40.3 Å². The number of aliphatic carboxylic acids is 1. The summed E-state index contributed by atoms with van der Waals surface area (Å²) in [6, 6.07) is 19.0. The average Bonchev–Trinajstić information content (AvgIpc) is 3.92. The van der Waals surface area contributed by atoms with Crippen LogP contribution in [0.1, 0.15) is 0 Å². The highest BCUT2D eigenvalue weighted by molar-refractivity contribution is 5.82. The number of nitrogen functional groups attached to an aromatic ring is 2. The lowest BCUT2D eigenvalue weighted by Crippen LogP contribution is -2.21. The molecule has 8 aromatic rings. The van der Waals surface area contributed by atoms with Gasteiger partial charge in [-0.05, 0) is 36.4 Å². The number of rotatable bonds is 4. The number of fused-ring (bicyclic) bond motifs is 2. The van der Waals surface area contributed by atoms with Crippen molar-refractivity contribution < 1.29 is 31.9 Å². The van der Waals surface area contributed by atoms with Gasteiger partial charge in [0.25, 0.3) is 0 Å². The van der Waals surface area contributed by atoms with Crippen LogP contribution in [0.2, 0.25) is 0 Å². The average molecular weight is 669 g/mol. The third-order valence-electron chi connectivity index (χ3n) is 6.79. The van der Waals surface area contributed by atoms with Crippen LogP contribution in [-0.4, -0.2) is 57.6 Å². The Hall–Kier alpha value is -7.04. The van der Waals surface area contributed by atoms with Crippen LogP contribution in [0.25, 0.3) is 67.4 Å². The number of hydrogen-bond acceptors (Lipinski definition) is 11. The Morgan fingerprint density at radius 3 is 1.43 bits per heavy atom. The van der Waals surface area contributed by atoms with E-state index in [1.165, 1.54) is 0 Å². The summed E-state index contributed by atoms with van der Waals surface area (Å²) in [6.07, 6.45) is 5.36. The van der Waals surface area contributed by atoms with E-state index in [4.69, 9.17) is 30.2 Å². The Kier molecular flexibility index (Phi) is 8.71. The first-order chi connectivity index (χ1) is 23.6. The van der Waals surface area contributed by atoms with Crippen LogP contribution in [0.15, 0.2) is 107 Å². The number of carbonyl (C=O) groups is 1. The number of oxazole rings is 2. The molecule has 2 aromatic carbocycles. The quantitative estimate of drug-likeness (QED) is 0.138. The van der Waals surface area contributed by atoms with Crippen LogP contribution in [0.5, 0.6) is 0 Å². The highest BCUT2D eigenvalue weighted by Crippen LogP contribution is 2.32. The summed E-state index contributed by atoms with van der Waals surface area (Å²) >= 11 is 0. The maximum absolute atomic E-state index is 10.6. The highest BCUT2D eigenvalue weighted by atomic mass is 19.4. The molecule has 0 aliphatic heterocycles. The van der Waals surface area contributed by atoms with Crippen LogP contribution in [0, 0.1) is 0 Å². The molecule has 0 unspecified atom stereocenters. The number of para-hydroxylation sites is 4. The van der Waals surface area contributed by atoms with Gasteiger partial charge in [0.05, 0.1) is 23.5 Å². The number of nitrogens with one attached hydrogen (secondary N) is 2. The molecule has 14 nitrogen and oxygen atoms in total. The third-order valence-corrected chi connectivity index (χ3v) is 6.79. The Labute approximate surface area is 272 Å². The number of nitrogens with zero attached hydrogens (tertiary/aromatic N) is 6. The number of anilines is 2. The van der Waals surface area contributed by atoms with Crippen molar-refractivity contribution in [2.45, 2.75) is 6.18 Å². The third kappa shape index (κ3) is 7.19. The minimum atomic E-state index is -5.08. The topological polar surface area (TPSA) is 225 Å². The second kappa shape index (κ2) is 13.4. The van der Waals surface area contributed by atoms with Crippen molar-refractivity contribution in [3.8, 4) is 45.2 Å². The summed E-state index contributed by atoms with van der Waals surface area (Å²) in [5.41, 5.74) is 20.0. The molecule has 6 heterocycles. The fourth-order valence-electron chi connectivity index (χ4n) is 4.40. The summed E-state index contributed by atoms with van der Waals surface area (Å²) < 4.78 is 43.2. The number of nitrogens with two attached hydrogens (primary N) is 2. The molecular formula is C32H23F3N10O4. The predicted octanol–water partition coefficient (Wildman–Crippen LogP) is 6.36. The van der Waals surface area contributed by atoms with E-state index in [1.807, 2.05) is 60.7 Å². The molecule has 0 aliphatic rings. The monoisotopic (exact) mass is 668 g/mol. The van der Waals surface area contributed by atoms with Gasteiger partial charge in [-0.15, -0.1) is 0 Å². The van der Waals surface area contributed by atoms with Crippen LogP contribution in [0.3, 0.4) is 0 Å². The normalized spacial score (nSPS) is 11.1. The molecule has 8 rings (SSSR count). The van der Waals surface area contributed by atoms with Crippen molar-refractivity contribution in [1.29, 1.82) is 0 Å². The SMILES string of the molecule is Nc1ncc(-c2cn[nH]c2)cc1-c1nc2ccccc2o1.Nc1ncc(-c2cn[nH]c2)cc1-c1nc2ccccc2o1.O=C(O)C(F)(F)F. The number of carboxylic acid groups (broad SMARTS) is 1. The predicted molar refractivity (Wildman–Crippen MR) is 172 cm³/mol. The molecule has 246 valence electrons. The van der Waals surface area contributed by atoms with Crippen LogP contribution >= 0.6 is 0 Å². The van der Waals surface area contributed by atoms with Gasteiger partial charge < -0.3 is 25.4 Å². The van der Waals surface area contributed by atoms with E-state index < -0.39 is 12.1 Å². The number of carboxylic acids is 1. The number of hydrogen-bond donors (Lipinski definition) is 5. The van der Waals surface area contributed by atoms with E-state index in [9.17, 15) is 13.2 Å². The van der Waals surface area contributed by atoms with Gasteiger partial charge in [-0.2, -0.15) is 23.4 Å². The van der Waals surface area contributed by atoms with E-state index in [-0.39, 0.29) is 0 Å². The molecule has 0 spiro atoms. The largest absolute Gasteiger partial charge is 0.490 e. The maximum Gasteiger partial charge on any atom is 0.490 e. The van der Waals surface area contributed by atoms with Crippen LogP contribution in [-0.2, 0) is 4.79 Å². The number of benzene rings is 2. The highest BCUT2D eigenvalue weighted by Gasteiger charge is 2.38. The fraction of sp³-hybridized carbons (Fsp3) is 0.0312. The van der Waals surface area contributed by atoms with Gasteiger partial charge >= 0.3 is 12.1 Å². The lowest BCUT2D eigenvalue weighted by atomic mass is 10.1. The number of aromatic amines is 2. The molecule has 0 fully saturated rings. The van der Waals surface area contributed by atoms with Gasteiger partial charge in [0.15, 0.2) is 11.2 Å². The van der Waals surface area contributed by atoms with Crippen molar-refractivity contribution in [3.63, 3.8) is 0 Å². The van der Waals surface area contributed by atoms with Gasteiger partial charge in [0, 0.05) is 47.0 Å². The number of halogens is 3. The molecule has 0 aliphatic carbocycles. The minimum Gasteiger partial charge on any atom is -0.475 e. The Morgan fingerprint density at radius 1 is 0.673 bits per heavy atom. The summed E-state index contributed by atoms with van der Waals surface area (Å²) in [7, 11) is 0. The van der Waals surface area contributed by atoms with E-state index in [0.717, 1.165) is 44.5 Å². The summed E-state index contributed by atoms with van der Waals surface area (Å²) in [5.74, 6) is -1.06. The maximum atomic E-state index is 10.6. The van der Waals surface area contributed by atoms with Crippen LogP contribution in [0.4, 0.5) is 24.8 Å². The standard InChI is InChI=1S/2C15H11N5O.C2HF3O2/c2*16-14-11(5-9(6-17-14)10-7-18-19-8-10)15-20-12-3-1-2-4-13(12)21-15;3-2(4,5)1(6)7/h2*1-8H,(H2,16,17)(H,18,19);(H,6,7). The first-order valence-electron chi connectivity index (χ1n) is 14.1. The second-order valence-electron chi connectivity index (χ2n) is 10.1. The molecule has 49 heavy (non-hydrogen) atoms. The Morgan fingerprint density at radius 2 is 1.08 bits per heavy atom. The minimum absolute atomic E-state index is 0.383. The summed E-state index contributed by atoms with van der Waals surface area (Å²) in [6.45, 7) is 0. The van der Waals surface area contributed by atoms with E-state index >= 15 is 0 Å². The first-order valence-corrected chi connectivity index (χ1v) is 14.1. The first kappa shape index (κ1) is 31.9. The molecule has 0 bridgehead atoms. The Balaban J connectivity index is 0.000000143. The number of alkyl halides is 3. The molecule has 0 atom stereocenters. The van der Waals surface area contributed by atoms with Gasteiger partial charge in [0.1, 0.15) is 22.7 Å². The van der Waals surface area contributed by atoms with Crippen LogP contribution < -0.4 is 11.5 Å². The van der Waals surface area contributed by atoms with Crippen molar-refractivity contribution in [3.05, 3.63) is 97.8 Å². The van der Waals surface area contributed by atoms with Crippen molar-refractivity contribution in [2.24, 2.45) is 0 Å². The molecule has 0 saturated carbocycles. The number of aromatic nitrogens is 8. The molecule has 6 aromatic heterocycles. The molecule has 17 heteroatoms. The van der Waals surface area contributed by atoms with Gasteiger partial charge in [-0.3, -0.25) is 10.2 Å². The lowest BCUT2D eigenvalue weighted by molar-refractivity contribution is -0.192. The number of pyridine rings is 2. The van der Waals surface area contributed by atoms with E-state index in [1.54, 1.807) is 37.2 Å². The van der Waals surface area contributed by atoms with Crippen molar-refractivity contribution in [1.82, 2.24) is 40.3 Å². The van der Waals surface area contributed by atoms with Gasteiger partial charge in [-0.1, -0.05) is 24.3 Å². The summed E-state index contributed by atoms with van der Waals surface area (Å²) in [5, 5.41) is 20.5. The smallest absolute Gasteiger partial charge is 0.475 e. The van der Waals surface area contributed by atoms with Crippen molar-refractivity contribution in [2.75, 3.05) is 11.5 Å². The zero-order chi connectivity index (χ0) is 34.5. The van der Waals surface area contributed by atoms with E-state index in [0.29, 0.717) is 34.5 Å². The lowest BCUT2D eigenvalue weighted by Gasteiger charge is -2.03. The summed E-state index contributed by atoms with van der Waals surface area (Å²) in [4.78, 5) is 26.2. The van der Waals surface area contributed by atoms with Gasteiger partial charge in [-0.25, -0.2) is 24.7 Å². The zero-order valence-electron chi connectivity index (χ0n) is 24.9. The molecule has 0 amide bonds. The second-order valence-corrected chi connectivity index (χ2v) is 10.1. The van der Waals surface area contributed by atoms with Gasteiger partial charge in [0.2, 0.25) is 11.8 Å². The van der Waals surface area contributed by atoms with Crippen molar-refractivity contribution >= 4 is 39.8 Å². The Bertz CT molecular complexity index is 2130.